The van der Waals surface area contributed by atoms with Gasteiger partial charge in [-0.3, -0.25) is 0 Å². The monoisotopic (exact) mass is 375 g/mol. The lowest BCUT2D eigenvalue weighted by atomic mass is 9.55. The molecule has 26 heavy (non-hydrogen) atoms. The number of aliphatic hydroxyl groups excluding tert-OH is 1. The predicted octanol–water partition coefficient (Wildman–Crippen LogP) is 4.32. The molecule has 6 unspecified atom stereocenters. The Balaban J connectivity index is 0.000000814. The van der Waals surface area contributed by atoms with Crippen LogP contribution in [0.2, 0.25) is 0 Å². The van der Waals surface area contributed by atoms with Gasteiger partial charge in [0, 0.05) is 5.56 Å². The van der Waals surface area contributed by atoms with E-state index < -0.39 is 11.3 Å². The van der Waals surface area contributed by atoms with Crippen LogP contribution >= 0.6 is 0 Å². The lowest BCUT2D eigenvalue weighted by Gasteiger charge is -2.50. The highest BCUT2D eigenvalue weighted by atomic mass is 32.2. The summed E-state index contributed by atoms with van der Waals surface area (Å²) in [6.07, 6.45) is 8.22. The van der Waals surface area contributed by atoms with Gasteiger partial charge in [0.2, 0.25) is 0 Å². The quantitative estimate of drug-likeness (QED) is 0.735. The van der Waals surface area contributed by atoms with E-state index in [1.165, 1.54) is 24.0 Å². The van der Waals surface area contributed by atoms with Crippen LogP contribution in [0.25, 0.3) is 0 Å². The topological polar surface area (TPSA) is 58.9 Å². The van der Waals surface area contributed by atoms with Crippen molar-refractivity contribution in [2.24, 2.45) is 21.6 Å². The van der Waals surface area contributed by atoms with Crippen molar-refractivity contribution in [3.63, 3.8) is 0 Å². The van der Waals surface area contributed by atoms with E-state index in [9.17, 15) is 9.32 Å². The Morgan fingerprint density at radius 1 is 1.23 bits per heavy atom. The molecule has 4 aliphatic rings. The molecule has 0 aromatic heterocycles. The Bertz CT molecular complexity index is 762. The molecule has 0 saturated heterocycles. The summed E-state index contributed by atoms with van der Waals surface area (Å²) in [5, 5.41) is 10.5. The fourth-order valence-electron chi connectivity index (χ4n) is 5.96. The summed E-state index contributed by atoms with van der Waals surface area (Å²) < 4.78 is 20.7. The first-order valence-corrected chi connectivity index (χ1v) is 11.1. The van der Waals surface area contributed by atoms with Gasteiger partial charge in [0.1, 0.15) is 0 Å². The van der Waals surface area contributed by atoms with Gasteiger partial charge in [0.15, 0.2) is 5.75 Å². The van der Waals surface area contributed by atoms with E-state index in [0.717, 1.165) is 31.2 Å². The van der Waals surface area contributed by atoms with E-state index in [-0.39, 0.29) is 11.5 Å². The number of benzene rings is 1. The summed E-state index contributed by atoms with van der Waals surface area (Å²) >= 11 is -1.58. The standard InChI is InChI=1S/C19H23NO3S.C2H6/c1-19-7-6-13-14(16(19)4-5-18(19)21)3-2-11-9-17-12(8-15(11)13)10-20-24(22)23-17;1-2/h8-10,13-14,16,18,21H,2-7H2,1H3;1-2H3. The van der Waals surface area contributed by atoms with Crippen molar-refractivity contribution in [1.82, 2.24) is 0 Å². The molecule has 1 aromatic carbocycles. The van der Waals surface area contributed by atoms with E-state index >= 15 is 0 Å². The van der Waals surface area contributed by atoms with Gasteiger partial charge >= 0.3 is 11.3 Å². The van der Waals surface area contributed by atoms with Crippen molar-refractivity contribution in [2.45, 2.75) is 71.3 Å². The maximum atomic E-state index is 11.5. The van der Waals surface area contributed by atoms with Crippen LogP contribution < -0.4 is 4.18 Å². The molecular formula is C21H29NO3S. The molecule has 0 radical (unpaired) electrons. The molecular weight excluding hydrogens is 346 g/mol. The van der Waals surface area contributed by atoms with Crippen molar-refractivity contribution < 1.29 is 13.5 Å². The molecule has 142 valence electrons. The van der Waals surface area contributed by atoms with Crippen molar-refractivity contribution in [3.05, 3.63) is 28.8 Å². The van der Waals surface area contributed by atoms with E-state index in [1.807, 2.05) is 13.8 Å². The predicted molar refractivity (Wildman–Crippen MR) is 105 cm³/mol. The number of aliphatic hydroxyl groups is 1. The molecule has 4 nitrogen and oxygen atoms in total. The zero-order chi connectivity index (χ0) is 18.5. The van der Waals surface area contributed by atoms with Crippen molar-refractivity contribution in [3.8, 4) is 5.75 Å². The smallest absolute Gasteiger partial charge is 0.338 e. The Labute approximate surface area is 158 Å². The number of hydrogen-bond donors (Lipinski definition) is 1. The van der Waals surface area contributed by atoms with E-state index in [2.05, 4.69) is 23.5 Å². The molecule has 2 saturated carbocycles. The first-order chi connectivity index (χ1) is 12.6. The van der Waals surface area contributed by atoms with E-state index in [0.29, 0.717) is 23.5 Å². The zero-order valence-electron chi connectivity index (χ0n) is 15.9. The second-order valence-electron chi connectivity index (χ2n) is 8.18. The van der Waals surface area contributed by atoms with Crippen molar-refractivity contribution >= 4 is 17.5 Å². The van der Waals surface area contributed by atoms with Crippen molar-refractivity contribution in [1.29, 1.82) is 0 Å². The molecule has 5 heteroatoms. The molecule has 2 fully saturated rings. The average molecular weight is 376 g/mol. The number of aryl methyl sites for hydroxylation is 1. The Hall–Kier alpha value is -1.20. The lowest BCUT2D eigenvalue weighted by molar-refractivity contribution is -0.0226. The highest BCUT2D eigenvalue weighted by Gasteiger charge is 2.54. The first kappa shape index (κ1) is 18.2. The van der Waals surface area contributed by atoms with Gasteiger partial charge in [0.05, 0.1) is 12.3 Å². The third-order valence-corrected chi connectivity index (χ3v) is 7.84. The number of nitrogens with zero attached hydrogens (tertiary/aromatic N) is 1. The highest BCUT2D eigenvalue weighted by molar-refractivity contribution is 7.79. The SMILES string of the molecule is CC.CC12CCC3c4cc5c(cc4CCC3C1CCC2O)OS(=O)N=C5. The van der Waals surface area contributed by atoms with Crippen LogP contribution in [0.1, 0.15) is 75.5 Å². The van der Waals surface area contributed by atoms with Crippen LogP contribution in [0, 0.1) is 17.3 Å². The Morgan fingerprint density at radius 2 is 2.04 bits per heavy atom. The van der Waals surface area contributed by atoms with E-state index in [4.69, 9.17) is 4.18 Å². The summed E-state index contributed by atoms with van der Waals surface area (Å²) in [4.78, 5) is 0. The zero-order valence-corrected chi connectivity index (χ0v) is 16.7. The summed E-state index contributed by atoms with van der Waals surface area (Å²) in [5.41, 5.74) is 3.86. The van der Waals surface area contributed by atoms with Crippen LogP contribution in [0.3, 0.4) is 0 Å². The van der Waals surface area contributed by atoms with Gasteiger partial charge in [0.25, 0.3) is 0 Å². The molecule has 6 atom stereocenters. The maximum Gasteiger partial charge on any atom is 0.338 e. The second kappa shape index (κ2) is 6.75. The minimum absolute atomic E-state index is 0.119. The maximum absolute atomic E-state index is 11.5. The van der Waals surface area contributed by atoms with Gasteiger partial charge in [-0.05, 0) is 85.0 Å². The second-order valence-corrected chi connectivity index (χ2v) is 8.99. The molecule has 0 spiro atoms. The minimum atomic E-state index is -1.58. The van der Waals surface area contributed by atoms with Gasteiger partial charge < -0.3 is 9.29 Å². The molecule has 1 N–H and O–H groups in total. The third-order valence-electron chi connectivity index (χ3n) is 7.24. The van der Waals surface area contributed by atoms with Crippen LogP contribution in [0.4, 0.5) is 0 Å². The normalized spacial score (nSPS) is 39.5. The Kier molecular flexibility index (Phi) is 4.72. The average Bonchev–Trinajstić information content (AvgIpc) is 2.96. The highest BCUT2D eigenvalue weighted by Crippen LogP contribution is 2.61. The number of rotatable bonds is 0. The molecule has 0 amide bonds. The molecule has 1 heterocycles. The fourth-order valence-corrected chi connectivity index (χ4v) is 6.50. The van der Waals surface area contributed by atoms with Crippen LogP contribution in [0.15, 0.2) is 16.5 Å². The van der Waals surface area contributed by atoms with Gasteiger partial charge in [-0.1, -0.05) is 20.8 Å². The summed E-state index contributed by atoms with van der Waals surface area (Å²) in [7, 11) is 0. The summed E-state index contributed by atoms with van der Waals surface area (Å²) in [6, 6.07) is 4.30. The molecule has 5 rings (SSSR count). The lowest BCUT2D eigenvalue weighted by Crippen LogP contribution is -2.44. The summed E-state index contributed by atoms with van der Waals surface area (Å²) in [5.74, 6) is 2.62. The molecule has 0 bridgehead atoms. The van der Waals surface area contributed by atoms with Crippen LogP contribution in [-0.4, -0.2) is 21.6 Å². The number of hydrogen-bond acceptors (Lipinski definition) is 3. The first-order valence-electron chi connectivity index (χ1n) is 10.1. The van der Waals surface area contributed by atoms with Gasteiger partial charge in [-0.15, -0.1) is 0 Å². The molecule has 3 aliphatic carbocycles. The van der Waals surface area contributed by atoms with Crippen molar-refractivity contribution in [2.75, 3.05) is 0 Å². The number of fused-ring (bicyclic) bond motifs is 6. The summed E-state index contributed by atoms with van der Waals surface area (Å²) in [6.45, 7) is 6.31. The van der Waals surface area contributed by atoms with Gasteiger partial charge in [-0.2, -0.15) is 8.61 Å². The largest absolute Gasteiger partial charge is 0.393 e. The van der Waals surface area contributed by atoms with E-state index in [1.54, 1.807) is 6.21 Å². The fraction of sp³-hybridized carbons (Fsp3) is 0.667. The third kappa shape index (κ3) is 2.66. The Morgan fingerprint density at radius 3 is 2.85 bits per heavy atom. The van der Waals surface area contributed by atoms with Crippen LogP contribution in [0.5, 0.6) is 5.75 Å². The van der Waals surface area contributed by atoms with Gasteiger partial charge in [-0.25, -0.2) is 0 Å². The molecule has 1 aromatic rings. The minimum Gasteiger partial charge on any atom is -0.393 e. The molecule has 1 aliphatic heterocycles. The van der Waals surface area contributed by atoms with Crippen LogP contribution in [-0.2, 0) is 17.7 Å².